The maximum absolute atomic E-state index is 13.4. The molecule has 0 aromatic heterocycles. The molecule has 0 aliphatic heterocycles. The molecule has 5 nitrogen and oxygen atoms in total. The van der Waals surface area contributed by atoms with Gasteiger partial charge in [0, 0.05) is 7.05 Å². The lowest BCUT2D eigenvalue weighted by Crippen LogP contribution is -2.36. The van der Waals surface area contributed by atoms with Gasteiger partial charge in [-0.1, -0.05) is 0 Å². The summed E-state index contributed by atoms with van der Waals surface area (Å²) >= 11 is 0. The third-order valence-corrected chi connectivity index (χ3v) is 2.41. The van der Waals surface area contributed by atoms with Crippen LogP contribution in [0.3, 0.4) is 0 Å². The Morgan fingerprint density at radius 2 is 1.90 bits per heavy atom. The molecule has 0 heterocycles. The highest BCUT2D eigenvalue weighted by atomic mass is 19.2. The Balaban J connectivity index is 3.13. The van der Waals surface area contributed by atoms with E-state index in [1.54, 1.807) is 0 Å². The van der Waals surface area contributed by atoms with E-state index in [1.807, 2.05) is 0 Å². The number of halogens is 4. The number of amides is 1. The molecule has 1 aromatic carbocycles. The number of rotatable bonds is 6. The lowest BCUT2D eigenvalue weighted by atomic mass is 10.0. The van der Waals surface area contributed by atoms with Gasteiger partial charge in [0.25, 0.3) is 0 Å². The van der Waals surface area contributed by atoms with Crippen LogP contribution in [0.2, 0.25) is 0 Å². The van der Waals surface area contributed by atoms with Gasteiger partial charge in [0.2, 0.25) is 12.2 Å². The van der Waals surface area contributed by atoms with Crippen LogP contribution in [0.15, 0.2) is 11.6 Å². The first-order valence-electron chi connectivity index (χ1n) is 5.36. The van der Waals surface area contributed by atoms with Gasteiger partial charge < -0.3 is 0 Å². The molecule has 21 heavy (non-hydrogen) atoms. The Morgan fingerprint density at radius 3 is 2.43 bits per heavy atom. The summed E-state index contributed by atoms with van der Waals surface area (Å²) in [5, 5.41) is 0.840. The summed E-state index contributed by atoms with van der Waals surface area (Å²) in [6.45, 7) is -0.544. The summed E-state index contributed by atoms with van der Waals surface area (Å²) in [4.78, 5) is 32.7. The summed E-state index contributed by atoms with van der Waals surface area (Å²) in [6, 6.07) is 0.136. The Kier molecular flexibility index (Phi) is 5.34. The second-order valence-corrected chi connectivity index (χ2v) is 3.81. The first kappa shape index (κ1) is 16.5. The Labute approximate surface area is 115 Å². The molecule has 0 saturated heterocycles. The topological polar surface area (TPSA) is 66.5 Å². The summed E-state index contributed by atoms with van der Waals surface area (Å²) in [6.07, 6.45) is 0.310. The number of Topliss-reactive ketones (excluding diaryl/α,β-unsaturated/α-hetero) is 1. The maximum atomic E-state index is 13.4. The van der Waals surface area contributed by atoms with Crippen LogP contribution in [-0.4, -0.2) is 36.7 Å². The Hall–Kier alpha value is -2.51. The van der Waals surface area contributed by atoms with Crippen molar-refractivity contribution in [3.8, 4) is 0 Å². The summed E-state index contributed by atoms with van der Waals surface area (Å²) < 4.78 is 52.2. The van der Waals surface area contributed by atoms with Crippen molar-refractivity contribution < 1.29 is 31.9 Å². The fraction of sp³-hybridized carbons (Fsp3) is 0.167. The molecule has 0 fully saturated rings. The van der Waals surface area contributed by atoms with Gasteiger partial charge in [-0.05, 0) is 6.07 Å². The first-order valence-corrected chi connectivity index (χ1v) is 5.36. The van der Waals surface area contributed by atoms with Gasteiger partial charge in [-0.3, -0.25) is 14.6 Å². The van der Waals surface area contributed by atoms with Crippen LogP contribution in [0.4, 0.5) is 17.6 Å². The highest BCUT2D eigenvalue weighted by molar-refractivity contribution is 6.13. The van der Waals surface area contributed by atoms with E-state index in [9.17, 15) is 31.9 Å². The molecule has 0 spiro atoms. The SMILES string of the molecule is CN(C=O)NCC(=C=O)C(=O)c1cc(F)c(F)c(F)c1F. The van der Waals surface area contributed by atoms with Crippen LogP contribution in [0.5, 0.6) is 0 Å². The molecule has 0 radical (unpaired) electrons. The third-order valence-electron chi connectivity index (χ3n) is 2.41. The van der Waals surface area contributed by atoms with Crippen molar-refractivity contribution in [3.05, 3.63) is 40.5 Å². The van der Waals surface area contributed by atoms with Crippen LogP contribution in [-0.2, 0) is 9.59 Å². The predicted molar refractivity (Wildman–Crippen MR) is 61.6 cm³/mol. The standard InChI is InChI=1S/C12H8F4N2O3/c1-18(5-20)17-3-6(4-19)12(21)7-2-8(13)10(15)11(16)9(7)14/h2,5,17H,3H2,1H3. The zero-order valence-corrected chi connectivity index (χ0v) is 10.5. The van der Waals surface area contributed by atoms with Gasteiger partial charge in [0.1, 0.15) is 5.94 Å². The molecular formula is C12H8F4N2O3. The molecule has 0 aliphatic rings. The van der Waals surface area contributed by atoms with Crippen molar-refractivity contribution in [2.24, 2.45) is 0 Å². The second-order valence-electron chi connectivity index (χ2n) is 3.81. The second kappa shape index (κ2) is 6.78. The molecular weight excluding hydrogens is 296 g/mol. The number of ketones is 1. The van der Waals surface area contributed by atoms with Crippen molar-refractivity contribution in [1.82, 2.24) is 10.4 Å². The van der Waals surface area contributed by atoms with Crippen LogP contribution >= 0.6 is 0 Å². The first-order chi connectivity index (χ1) is 9.83. The molecule has 112 valence electrons. The van der Waals surface area contributed by atoms with E-state index in [2.05, 4.69) is 5.43 Å². The Morgan fingerprint density at radius 1 is 1.29 bits per heavy atom. The number of nitrogens with zero attached hydrogens (tertiary/aromatic N) is 1. The van der Waals surface area contributed by atoms with Crippen LogP contribution in [0.25, 0.3) is 0 Å². The Bertz CT molecular complexity index is 642. The highest BCUT2D eigenvalue weighted by Gasteiger charge is 2.25. The van der Waals surface area contributed by atoms with E-state index in [-0.39, 0.29) is 6.07 Å². The van der Waals surface area contributed by atoms with Gasteiger partial charge in [0.15, 0.2) is 23.3 Å². The number of hydrazine groups is 1. The average molecular weight is 304 g/mol. The van der Waals surface area contributed by atoms with Crippen molar-refractivity contribution in [1.29, 1.82) is 0 Å². The quantitative estimate of drug-likeness (QED) is 0.123. The zero-order valence-electron chi connectivity index (χ0n) is 10.5. The summed E-state index contributed by atoms with van der Waals surface area (Å²) in [5.74, 6) is -8.15. The van der Waals surface area contributed by atoms with E-state index in [0.717, 1.165) is 5.01 Å². The highest BCUT2D eigenvalue weighted by Crippen LogP contribution is 2.20. The lowest BCUT2D eigenvalue weighted by molar-refractivity contribution is -0.119. The van der Waals surface area contributed by atoms with Gasteiger partial charge in [0.05, 0.1) is 17.7 Å². The molecule has 1 aromatic rings. The van der Waals surface area contributed by atoms with Crippen molar-refractivity contribution in [3.63, 3.8) is 0 Å². The van der Waals surface area contributed by atoms with E-state index in [0.29, 0.717) is 6.41 Å². The van der Waals surface area contributed by atoms with Crippen LogP contribution in [0.1, 0.15) is 10.4 Å². The van der Waals surface area contributed by atoms with E-state index < -0.39 is 46.7 Å². The number of hydrogen-bond donors (Lipinski definition) is 1. The lowest BCUT2D eigenvalue weighted by Gasteiger charge is -2.12. The van der Waals surface area contributed by atoms with E-state index >= 15 is 0 Å². The molecule has 0 atom stereocenters. The van der Waals surface area contributed by atoms with E-state index in [1.165, 1.54) is 13.0 Å². The normalized spacial score (nSPS) is 9.95. The average Bonchev–Trinajstić information content (AvgIpc) is 2.48. The monoisotopic (exact) mass is 304 g/mol. The van der Waals surface area contributed by atoms with Crippen molar-refractivity contribution >= 4 is 18.1 Å². The van der Waals surface area contributed by atoms with E-state index in [4.69, 9.17) is 0 Å². The number of carbonyl (C=O) groups excluding carboxylic acids is 3. The summed E-state index contributed by atoms with van der Waals surface area (Å²) in [5.41, 5.74) is 0.374. The summed E-state index contributed by atoms with van der Waals surface area (Å²) in [7, 11) is 1.25. The fourth-order valence-corrected chi connectivity index (χ4v) is 1.30. The number of carbonyl (C=O) groups is 2. The molecule has 1 rings (SSSR count). The number of nitrogens with one attached hydrogen (secondary N) is 1. The fourth-order valence-electron chi connectivity index (χ4n) is 1.30. The van der Waals surface area contributed by atoms with Gasteiger partial charge in [-0.25, -0.2) is 27.8 Å². The van der Waals surface area contributed by atoms with Gasteiger partial charge >= 0.3 is 0 Å². The van der Waals surface area contributed by atoms with Crippen LogP contribution < -0.4 is 5.43 Å². The molecule has 0 aliphatic carbocycles. The molecule has 0 saturated carbocycles. The molecule has 1 amide bonds. The molecule has 1 N–H and O–H groups in total. The smallest absolute Gasteiger partial charge is 0.223 e. The minimum atomic E-state index is -2.17. The zero-order chi connectivity index (χ0) is 16.2. The molecule has 9 heteroatoms. The number of hydrogen-bond acceptors (Lipinski definition) is 4. The maximum Gasteiger partial charge on any atom is 0.223 e. The molecule has 0 bridgehead atoms. The largest absolute Gasteiger partial charge is 0.288 e. The number of benzene rings is 1. The van der Waals surface area contributed by atoms with Crippen molar-refractivity contribution in [2.75, 3.05) is 13.6 Å². The van der Waals surface area contributed by atoms with Gasteiger partial charge in [-0.15, -0.1) is 0 Å². The van der Waals surface area contributed by atoms with Crippen LogP contribution in [0, 0.1) is 23.3 Å². The van der Waals surface area contributed by atoms with Crippen molar-refractivity contribution in [2.45, 2.75) is 0 Å². The van der Waals surface area contributed by atoms with Gasteiger partial charge in [-0.2, -0.15) is 0 Å². The third kappa shape index (κ3) is 3.53. The minimum absolute atomic E-state index is 0.136. The minimum Gasteiger partial charge on any atom is -0.288 e. The predicted octanol–water partition coefficient (Wildman–Crippen LogP) is 0.776. The molecule has 0 unspecified atom stereocenters.